The number of aromatic nitrogens is 4. The van der Waals surface area contributed by atoms with E-state index in [-0.39, 0.29) is 5.91 Å². The molecule has 0 radical (unpaired) electrons. The van der Waals surface area contributed by atoms with Crippen molar-refractivity contribution in [3.8, 4) is 11.3 Å². The second kappa shape index (κ2) is 6.57. The highest BCUT2D eigenvalue weighted by Gasteiger charge is 2.23. The predicted octanol–water partition coefficient (Wildman–Crippen LogP) is 3.42. The third-order valence-corrected chi connectivity index (χ3v) is 5.85. The van der Waals surface area contributed by atoms with Gasteiger partial charge in [-0.25, -0.2) is 0 Å². The van der Waals surface area contributed by atoms with Crippen molar-refractivity contribution in [3.63, 3.8) is 0 Å². The molecule has 0 fully saturated rings. The van der Waals surface area contributed by atoms with Crippen molar-refractivity contribution in [1.29, 1.82) is 0 Å². The van der Waals surface area contributed by atoms with Gasteiger partial charge in [-0.05, 0) is 43.4 Å². The maximum atomic E-state index is 12.8. The summed E-state index contributed by atoms with van der Waals surface area (Å²) in [5.41, 5.74) is 5.56. The summed E-state index contributed by atoms with van der Waals surface area (Å²) in [6, 6.07) is 6.03. The van der Waals surface area contributed by atoms with Gasteiger partial charge in [0.25, 0.3) is 5.91 Å². The monoisotopic (exact) mass is 367 g/mol. The minimum atomic E-state index is -0.00979. The Morgan fingerprint density at radius 1 is 1.35 bits per heavy atom. The minimum absolute atomic E-state index is 0.00979. The highest BCUT2D eigenvalue weighted by atomic mass is 32.1. The number of rotatable bonds is 3. The number of aromatic amines is 1. The van der Waals surface area contributed by atoms with E-state index < -0.39 is 0 Å². The van der Waals surface area contributed by atoms with Crippen LogP contribution in [-0.2, 0) is 7.05 Å². The van der Waals surface area contributed by atoms with Crippen molar-refractivity contribution < 1.29 is 4.79 Å². The van der Waals surface area contributed by atoms with Gasteiger partial charge in [-0.3, -0.25) is 14.6 Å². The van der Waals surface area contributed by atoms with Crippen LogP contribution >= 0.6 is 11.3 Å². The van der Waals surface area contributed by atoms with Crippen LogP contribution in [0.1, 0.15) is 33.2 Å². The van der Waals surface area contributed by atoms with Gasteiger partial charge in [0.1, 0.15) is 5.69 Å². The summed E-state index contributed by atoms with van der Waals surface area (Å²) in [6.45, 7) is 5.32. The molecule has 1 aliphatic rings. The average molecular weight is 367 g/mol. The molecule has 6 nitrogen and oxygen atoms in total. The highest BCUT2D eigenvalue weighted by Crippen LogP contribution is 2.28. The number of hydrogen-bond acceptors (Lipinski definition) is 4. The molecule has 0 aromatic carbocycles. The second-order valence-electron chi connectivity index (χ2n) is 6.54. The maximum absolute atomic E-state index is 12.8. The van der Waals surface area contributed by atoms with Crippen molar-refractivity contribution in [1.82, 2.24) is 24.9 Å². The second-order valence-corrected chi connectivity index (χ2v) is 7.49. The van der Waals surface area contributed by atoms with Gasteiger partial charge in [0.2, 0.25) is 0 Å². The van der Waals surface area contributed by atoms with E-state index in [9.17, 15) is 4.79 Å². The quantitative estimate of drug-likeness (QED) is 0.771. The topological polar surface area (TPSA) is 66.8 Å². The van der Waals surface area contributed by atoms with E-state index in [2.05, 4.69) is 38.9 Å². The van der Waals surface area contributed by atoms with Crippen LogP contribution < -0.4 is 0 Å². The van der Waals surface area contributed by atoms with Crippen LogP contribution in [-0.4, -0.2) is 43.9 Å². The first-order valence-electron chi connectivity index (χ1n) is 8.62. The lowest BCUT2D eigenvalue weighted by molar-refractivity contribution is 0.0767. The van der Waals surface area contributed by atoms with Gasteiger partial charge in [-0.1, -0.05) is 12.1 Å². The van der Waals surface area contributed by atoms with Gasteiger partial charge >= 0.3 is 0 Å². The van der Waals surface area contributed by atoms with Crippen LogP contribution in [0.2, 0.25) is 0 Å². The summed E-state index contributed by atoms with van der Waals surface area (Å²) in [6.07, 6.45) is 3.04. The van der Waals surface area contributed by atoms with Crippen LogP contribution in [0.5, 0.6) is 0 Å². The summed E-state index contributed by atoms with van der Waals surface area (Å²) in [7, 11) is 1.91. The molecule has 0 atom stereocenters. The Hall–Kier alpha value is -2.67. The lowest BCUT2D eigenvalue weighted by Crippen LogP contribution is -2.34. The number of thiophene rings is 1. The summed E-state index contributed by atoms with van der Waals surface area (Å²) in [5.74, 6) is -0.00979. The minimum Gasteiger partial charge on any atom is -0.333 e. The molecule has 3 aromatic rings. The van der Waals surface area contributed by atoms with Gasteiger partial charge in [0.05, 0.1) is 11.4 Å². The normalized spacial score (nSPS) is 14.6. The largest absolute Gasteiger partial charge is 0.333 e. The number of nitrogens with one attached hydrogen (secondary N) is 1. The standard InChI is InChI=1S/C19H21N5OS/c1-12-18(13(2)23(3)22-12)15-11-16(21-20-15)19(25)24-8-6-14(7-9-24)17-5-4-10-26-17/h4-6,10-11H,7-9H2,1-3H3,(H,20,21). The zero-order valence-corrected chi connectivity index (χ0v) is 15.9. The molecule has 1 N–H and O–H groups in total. The fraction of sp³-hybridized carbons (Fsp3) is 0.316. The number of amides is 1. The van der Waals surface area contributed by atoms with Crippen molar-refractivity contribution in [2.75, 3.05) is 13.1 Å². The van der Waals surface area contributed by atoms with Crippen LogP contribution in [0.3, 0.4) is 0 Å². The Labute approximate surface area is 156 Å². The third-order valence-electron chi connectivity index (χ3n) is 4.91. The van der Waals surface area contributed by atoms with Gasteiger partial charge in [0.15, 0.2) is 0 Å². The van der Waals surface area contributed by atoms with Gasteiger partial charge < -0.3 is 4.90 Å². The molecule has 0 saturated carbocycles. The smallest absolute Gasteiger partial charge is 0.272 e. The summed E-state index contributed by atoms with van der Waals surface area (Å²) in [5, 5.41) is 13.8. The van der Waals surface area contributed by atoms with Crippen molar-refractivity contribution in [2.24, 2.45) is 7.05 Å². The molecule has 0 saturated heterocycles. The summed E-state index contributed by atoms with van der Waals surface area (Å²) < 4.78 is 1.84. The number of carbonyl (C=O) groups is 1. The van der Waals surface area contributed by atoms with E-state index in [1.807, 2.05) is 36.5 Å². The Kier molecular flexibility index (Phi) is 4.24. The molecule has 1 amide bonds. The van der Waals surface area contributed by atoms with Gasteiger partial charge in [0, 0.05) is 36.3 Å². The third kappa shape index (κ3) is 2.88. The number of hydrogen-bond donors (Lipinski definition) is 1. The highest BCUT2D eigenvalue weighted by molar-refractivity contribution is 7.11. The Balaban J connectivity index is 1.52. The summed E-state index contributed by atoms with van der Waals surface area (Å²) >= 11 is 1.75. The molecule has 26 heavy (non-hydrogen) atoms. The number of H-pyrrole nitrogens is 1. The van der Waals surface area contributed by atoms with Crippen molar-refractivity contribution >= 4 is 22.8 Å². The maximum Gasteiger partial charge on any atom is 0.272 e. The first kappa shape index (κ1) is 16.8. The molecule has 0 bridgehead atoms. The first-order valence-corrected chi connectivity index (χ1v) is 9.50. The molecule has 0 unspecified atom stereocenters. The van der Waals surface area contributed by atoms with Gasteiger partial charge in [-0.15, -0.1) is 11.3 Å². The van der Waals surface area contributed by atoms with E-state index in [1.165, 1.54) is 10.5 Å². The van der Waals surface area contributed by atoms with E-state index >= 15 is 0 Å². The van der Waals surface area contributed by atoms with Crippen LogP contribution in [0.15, 0.2) is 29.7 Å². The van der Waals surface area contributed by atoms with E-state index in [0.717, 1.165) is 35.6 Å². The molecule has 7 heteroatoms. The van der Waals surface area contributed by atoms with Crippen LogP contribution in [0.25, 0.3) is 16.8 Å². The SMILES string of the molecule is Cc1nn(C)c(C)c1-c1cc(C(=O)N2CC=C(c3cccs3)CC2)[nH]n1. The fourth-order valence-electron chi connectivity index (χ4n) is 3.41. The molecular weight excluding hydrogens is 346 g/mol. The lowest BCUT2D eigenvalue weighted by Gasteiger charge is -2.25. The number of carbonyl (C=O) groups excluding carboxylic acids is 1. The molecule has 4 rings (SSSR count). The molecule has 0 spiro atoms. The Bertz CT molecular complexity index is 980. The Morgan fingerprint density at radius 3 is 2.81 bits per heavy atom. The summed E-state index contributed by atoms with van der Waals surface area (Å²) in [4.78, 5) is 16.0. The molecule has 4 heterocycles. The van der Waals surface area contributed by atoms with Crippen molar-refractivity contribution in [3.05, 3.63) is 51.6 Å². The van der Waals surface area contributed by atoms with E-state index in [4.69, 9.17) is 0 Å². The molecule has 3 aromatic heterocycles. The Morgan fingerprint density at radius 2 is 2.19 bits per heavy atom. The fourth-order valence-corrected chi connectivity index (χ4v) is 4.21. The van der Waals surface area contributed by atoms with E-state index in [1.54, 1.807) is 11.3 Å². The molecule has 134 valence electrons. The molecule has 1 aliphatic heterocycles. The predicted molar refractivity (Wildman–Crippen MR) is 103 cm³/mol. The van der Waals surface area contributed by atoms with Crippen LogP contribution in [0.4, 0.5) is 0 Å². The lowest BCUT2D eigenvalue weighted by atomic mass is 10.1. The van der Waals surface area contributed by atoms with E-state index in [0.29, 0.717) is 12.2 Å². The first-order chi connectivity index (χ1) is 12.5. The molecular formula is C19H21N5OS. The van der Waals surface area contributed by atoms with Crippen molar-refractivity contribution in [2.45, 2.75) is 20.3 Å². The average Bonchev–Trinajstić information content (AvgIpc) is 3.37. The zero-order valence-electron chi connectivity index (χ0n) is 15.1. The molecule has 0 aliphatic carbocycles. The zero-order chi connectivity index (χ0) is 18.3. The van der Waals surface area contributed by atoms with Crippen LogP contribution in [0, 0.1) is 13.8 Å². The van der Waals surface area contributed by atoms with Gasteiger partial charge in [-0.2, -0.15) is 10.2 Å². The number of aryl methyl sites for hydroxylation is 2. The number of nitrogens with zero attached hydrogens (tertiary/aromatic N) is 4.